The fourth-order valence-electron chi connectivity index (χ4n) is 4.03. The molecule has 2 aromatic heterocycles. The molecule has 3 heterocycles. The van der Waals surface area contributed by atoms with E-state index < -0.39 is 18.4 Å². The van der Waals surface area contributed by atoms with Crippen molar-refractivity contribution in [3.05, 3.63) is 90.4 Å². The number of nitrogens with one attached hydrogen (secondary N) is 1. The van der Waals surface area contributed by atoms with Gasteiger partial charge in [0.15, 0.2) is 6.23 Å². The van der Waals surface area contributed by atoms with Crippen molar-refractivity contribution in [1.29, 1.82) is 0 Å². The van der Waals surface area contributed by atoms with Crippen molar-refractivity contribution in [2.24, 2.45) is 0 Å². The van der Waals surface area contributed by atoms with Crippen LogP contribution in [0.4, 0.5) is 29.1 Å². The van der Waals surface area contributed by atoms with Crippen molar-refractivity contribution < 1.29 is 27.4 Å². The van der Waals surface area contributed by atoms with Crippen LogP contribution in [0.15, 0.2) is 73.1 Å². The van der Waals surface area contributed by atoms with Gasteiger partial charge in [-0.05, 0) is 53.6 Å². The summed E-state index contributed by atoms with van der Waals surface area (Å²) in [6.07, 6.45) is -2.44. The van der Waals surface area contributed by atoms with Gasteiger partial charge in [0.2, 0.25) is 0 Å². The minimum Gasteiger partial charge on any atom is -0.406 e. The summed E-state index contributed by atoms with van der Waals surface area (Å²) < 4.78 is 56.5. The number of aliphatic hydroxyl groups excluding tert-OH is 1. The molecule has 1 aliphatic rings. The summed E-state index contributed by atoms with van der Waals surface area (Å²) >= 11 is 0. The molecule has 0 bridgehead atoms. The van der Waals surface area contributed by atoms with Gasteiger partial charge < -0.3 is 24.6 Å². The van der Waals surface area contributed by atoms with Crippen LogP contribution in [0.25, 0.3) is 11.1 Å². The van der Waals surface area contributed by atoms with E-state index in [1.165, 1.54) is 24.3 Å². The van der Waals surface area contributed by atoms with Crippen LogP contribution in [0.2, 0.25) is 0 Å². The van der Waals surface area contributed by atoms with Gasteiger partial charge >= 0.3 is 6.36 Å². The quantitative estimate of drug-likeness (QED) is 0.284. The van der Waals surface area contributed by atoms with Gasteiger partial charge in [-0.2, -0.15) is 0 Å². The van der Waals surface area contributed by atoms with Gasteiger partial charge in [0.25, 0.3) is 0 Å². The topological polar surface area (TPSA) is 75.4 Å². The molecule has 0 radical (unpaired) electrons. The second-order valence-corrected chi connectivity index (χ2v) is 8.23. The van der Waals surface area contributed by atoms with E-state index in [4.69, 9.17) is 0 Å². The first-order chi connectivity index (χ1) is 17.2. The van der Waals surface area contributed by atoms with E-state index in [0.717, 1.165) is 17.0 Å². The highest BCUT2D eigenvalue weighted by molar-refractivity contribution is 5.67. The zero-order valence-electron chi connectivity index (χ0n) is 18.8. The van der Waals surface area contributed by atoms with E-state index >= 15 is 0 Å². The van der Waals surface area contributed by atoms with Crippen LogP contribution < -0.4 is 15.0 Å². The number of imidazole rings is 1. The number of anilines is 2. The third-order valence-electron chi connectivity index (χ3n) is 5.72. The number of hydrogen-bond acceptors (Lipinski definition) is 6. The molecule has 11 heteroatoms. The summed E-state index contributed by atoms with van der Waals surface area (Å²) in [7, 11) is 0. The molecule has 36 heavy (non-hydrogen) atoms. The third-order valence-corrected chi connectivity index (χ3v) is 5.72. The summed E-state index contributed by atoms with van der Waals surface area (Å²) in [4.78, 5) is 11.0. The van der Waals surface area contributed by atoms with E-state index in [-0.39, 0.29) is 5.75 Å². The lowest BCUT2D eigenvalue weighted by molar-refractivity contribution is -0.274. The van der Waals surface area contributed by atoms with Crippen molar-refractivity contribution >= 4 is 11.5 Å². The highest BCUT2D eigenvalue weighted by Crippen LogP contribution is 2.29. The number of ether oxygens (including phenoxy) is 1. The molecule has 5 rings (SSSR count). The Morgan fingerprint density at radius 3 is 2.56 bits per heavy atom. The number of aliphatic hydroxyl groups is 1. The average molecular weight is 499 g/mol. The molecule has 0 saturated carbocycles. The van der Waals surface area contributed by atoms with Gasteiger partial charge in [0.05, 0.1) is 6.54 Å². The second-order valence-electron chi connectivity index (χ2n) is 8.23. The number of pyridine rings is 1. The van der Waals surface area contributed by atoms with E-state index in [2.05, 4.69) is 20.0 Å². The number of benzene rings is 2. The lowest BCUT2D eigenvalue weighted by Gasteiger charge is -2.28. The van der Waals surface area contributed by atoms with Crippen LogP contribution in [0, 0.1) is 5.82 Å². The largest absolute Gasteiger partial charge is 0.573 e. The second kappa shape index (κ2) is 9.50. The van der Waals surface area contributed by atoms with Crippen molar-refractivity contribution in [3.8, 4) is 16.9 Å². The minimum atomic E-state index is -4.74. The summed E-state index contributed by atoms with van der Waals surface area (Å²) in [5, 5.41) is 13.4. The molecule has 4 aromatic rings. The normalized spacial score (nSPS) is 14.3. The van der Waals surface area contributed by atoms with E-state index in [1.807, 2.05) is 15.5 Å². The first-order valence-electron chi connectivity index (χ1n) is 11.1. The maximum atomic E-state index is 13.4. The number of nitrogens with zero attached hydrogens (tertiary/aromatic N) is 4. The molecule has 0 fully saturated rings. The molecular formula is C25H21F4N5O2. The van der Waals surface area contributed by atoms with Gasteiger partial charge in [-0.3, -0.25) is 0 Å². The fourth-order valence-corrected chi connectivity index (χ4v) is 4.03. The number of hydrogen-bond donors (Lipinski definition) is 2. The van der Waals surface area contributed by atoms with E-state index in [9.17, 15) is 22.7 Å². The Bertz CT molecular complexity index is 1360. The number of rotatable bonds is 6. The Morgan fingerprint density at radius 1 is 1.00 bits per heavy atom. The molecule has 1 unspecified atom stereocenters. The molecule has 7 nitrogen and oxygen atoms in total. The first-order valence-corrected chi connectivity index (χ1v) is 11.1. The molecule has 186 valence electrons. The summed E-state index contributed by atoms with van der Waals surface area (Å²) in [6, 6.07) is 15.1. The van der Waals surface area contributed by atoms with Crippen LogP contribution in [-0.4, -0.2) is 32.5 Å². The molecule has 2 N–H and O–H groups in total. The molecule has 2 aromatic carbocycles. The first kappa shape index (κ1) is 23.6. The van der Waals surface area contributed by atoms with Crippen molar-refractivity contribution in [3.63, 3.8) is 0 Å². The summed E-state index contributed by atoms with van der Waals surface area (Å²) in [5.74, 6) is 0.732. The molecule has 1 aliphatic heterocycles. The zero-order valence-corrected chi connectivity index (χ0v) is 18.8. The Kier molecular flexibility index (Phi) is 6.23. The summed E-state index contributed by atoms with van der Waals surface area (Å²) in [6.45, 7) is 1.71. The molecule has 0 spiro atoms. The predicted octanol–water partition coefficient (Wildman–Crippen LogP) is 5.11. The molecular weight excluding hydrogens is 478 g/mol. The standard InChI is InChI=1S/C25H21F4N5O2/c26-18-2-1-3-19(13-18)31-24(35)21-14-33-10-11-34(15-23(33)32-21)22-12-17(8-9-30-22)16-4-6-20(7-5-16)36-25(27,28)29/h1-9,12-14,24,31,35H,10-11,15H2. The van der Waals surface area contributed by atoms with Crippen LogP contribution in [0.3, 0.4) is 0 Å². The van der Waals surface area contributed by atoms with Crippen molar-refractivity contribution in [1.82, 2.24) is 14.5 Å². The monoisotopic (exact) mass is 499 g/mol. The van der Waals surface area contributed by atoms with Gasteiger partial charge in [0.1, 0.15) is 28.9 Å². The number of fused-ring (bicyclic) bond motifs is 1. The predicted molar refractivity (Wildman–Crippen MR) is 125 cm³/mol. The average Bonchev–Trinajstić information content (AvgIpc) is 3.27. The van der Waals surface area contributed by atoms with Gasteiger partial charge in [-0.15, -0.1) is 13.2 Å². The molecule has 0 amide bonds. The highest BCUT2D eigenvalue weighted by Gasteiger charge is 2.31. The van der Waals surface area contributed by atoms with Crippen molar-refractivity contribution in [2.75, 3.05) is 16.8 Å². The van der Waals surface area contributed by atoms with E-state index in [1.54, 1.807) is 42.7 Å². The molecule has 0 aliphatic carbocycles. The Balaban J connectivity index is 1.29. The lowest BCUT2D eigenvalue weighted by Crippen LogP contribution is -2.34. The molecule has 1 atom stereocenters. The van der Waals surface area contributed by atoms with Crippen LogP contribution in [-0.2, 0) is 13.1 Å². The maximum Gasteiger partial charge on any atom is 0.573 e. The lowest BCUT2D eigenvalue weighted by atomic mass is 10.1. The Labute approximate surface area is 203 Å². The number of halogens is 4. The fraction of sp³-hybridized carbons (Fsp3) is 0.200. The zero-order chi connectivity index (χ0) is 25.3. The highest BCUT2D eigenvalue weighted by atomic mass is 19.4. The summed E-state index contributed by atoms with van der Waals surface area (Å²) in [5.41, 5.74) is 2.37. The van der Waals surface area contributed by atoms with Crippen molar-refractivity contribution in [2.45, 2.75) is 25.7 Å². The van der Waals surface area contributed by atoms with E-state index in [0.29, 0.717) is 36.8 Å². The van der Waals surface area contributed by atoms with Gasteiger partial charge in [0, 0.05) is 31.2 Å². The minimum absolute atomic E-state index is 0.284. The van der Waals surface area contributed by atoms with Gasteiger partial charge in [-0.1, -0.05) is 18.2 Å². The smallest absolute Gasteiger partial charge is 0.406 e. The number of alkyl halides is 3. The Hall–Kier alpha value is -4.12. The van der Waals surface area contributed by atoms with Crippen LogP contribution >= 0.6 is 0 Å². The van der Waals surface area contributed by atoms with Crippen LogP contribution in [0.5, 0.6) is 5.75 Å². The maximum absolute atomic E-state index is 13.4. The van der Waals surface area contributed by atoms with Gasteiger partial charge in [-0.25, -0.2) is 14.4 Å². The third kappa shape index (κ3) is 5.41. The SMILES string of the molecule is OC(Nc1cccc(F)c1)c1cn2c(n1)CN(c1cc(-c3ccc(OC(F)(F)F)cc3)ccn1)CC2. The molecule has 0 saturated heterocycles. The number of aromatic nitrogens is 3. The Morgan fingerprint density at radius 2 is 1.81 bits per heavy atom. The van der Waals surface area contributed by atoms with Crippen LogP contribution in [0.1, 0.15) is 17.7 Å².